The molecule has 1 fully saturated rings. The zero-order valence-electron chi connectivity index (χ0n) is 15.3. The lowest BCUT2D eigenvalue weighted by molar-refractivity contribution is -0.120. The number of likely N-dealkylation sites (tertiary alicyclic amines) is 1. The Morgan fingerprint density at radius 3 is 2.33 bits per heavy atom. The second-order valence-electron chi connectivity index (χ2n) is 6.51. The Hall–Kier alpha value is -2.05. The molecule has 0 saturated carbocycles. The maximum absolute atomic E-state index is 12.4. The number of piperidine rings is 1. The fourth-order valence-electron chi connectivity index (χ4n) is 3.07. The molecule has 1 aliphatic rings. The van der Waals surface area contributed by atoms with Gasteiger partial charge in [0.2, 0.25) is 5.91 Å². The number of hydrogen-bond donors (Lipinski definition) is 2. The zero-order valence-corrected chi connectivity index (χ0v) is 16.9. The molecule has 3 rings (SSSR count). The number of nitrogens with one attached hydrogen (secondary N) is 2. The molecule has 1 saturated heterocycles. The maximum Gasteiger partial charge on any atom is 0.227 e. The molecule has 6 heteroatoms. The summed E-state index contributed by atoms with van der Waals surface area (Å²) in [6, 6.07) is 20.0. The van der Waals surface area contributed by atoms with E-state index in [-0.39, 0.29) is 11.8 Å². The van der Waals surface area contributed by atoms with E-state index in [4.69, 9.17) is 12.2 Å². The molecule has 0 unspecified atom stereocenters. The molecular formula is C21H25N3OS2. The lowest BCUT2D eigenvalue weighted by Gasteiger charge is -2.33. The van der Waals surface area contributed by atoms with Crippen LogP contribution in [0.25, 0.3) is 0 Å². The van der Waals surface area contributed by atoms with Crippen LogP contribution in [0.1, 0.15) is 12.8 Å². The predicted molar refractivity (Wildman–Crippen MR) is 117 cm³/mol. The molecule has 142 valence electrons. The monoisotopic (exact) mass is 399 g/mol. The van der Waals surface area contributed by atoms with E-state index in [1.165, 1.54) is 4.90 Å². The van der Waals surface area contributed by atoms with Gasteiger partial charge in [-0.25, -0.2) is 0 Å². The molecule has 2 aromatic rings. The molecule has 0 aromatic heterocycles. The van der Waals surface area contributed by atoms with E-state index in [1.54, 1.807) is 0 Å². The molecule has 1 heterocycles. The predicted octanol–water partition coefficient (Wildman–Crippen LogP) is 4.00. The van der Waals surface area contributed by atoms with Gasteiger partial charge in [-0.05, 0) is 49.3 Å². The summed E-state index contributed by atoms with van der Waals surface area (Å²) in [5.41, 5.74) is 0.859. The Bertz CT molecular complexity index is 732. The molecule has 1 aliphatic heterocycles. The average molecular weight is 400 g/mol. The van der Waals surface area contributed by atoms with Gasteiger partial charge in [0, 0.05) is 41.9 Å². The Morgan fingerprint density at radius 2 is 1.67 bits per heavy atom. The van der Waals surface area contributed by atoms with Gasteiger partial charge in [-0.1, -0.05) is 36.4 Å². The van der Waals surface area contributed by atoms with Gasteiger partial charge in [0.05, 0.1) is 0 Å². The maximum atomic E-state index is 12.4. The number of rotatable bonds is 6. The molecule has 27 heavy (non-hydrogen) atoms. The number of carbonyl (C=O) groups excluding carboxylic acids is 1. The smallest absolute Gasteiger partial charge is 0.227 e. The largest absolute Gasteiger partial charge is 0.362 e. The number of nitrogens with zero attached hydrogens (tertiary/aromatic N) is 1. The fourth-order valence-corrected chi connectivity index (χ4v) is 4.14. The number of anilines is 1. The highest BCUT2D eigenvalue weighted by atomic mass is 32.2. The van der Waals surface area contributed by atoms with E-state index >= 15 is 0 Å². The van der Waals surface area contributed by atoms with Crippen molar-refractivity contribution in [3.8, 4) is 0 Å². The van der Waals surface area contributed by atoms with Crippen molar-refractivity contribution in [1.29, 1.82) is 0 Å². The number of thioether (sulfide) groups is 1. The highest BCUT2D eigenvalue weighted by molar-refractivity contribution is 7.99. The molecule has 2 N–H and O–H groups in total. The van der Waals surface area contributed by atoms with Crippen LogP contribution in [0, 0.1) is 5.92 Å². The van der Waals surface area contributed by atoms with E-state index in [0.717, 1.165) is 49.0 Å². The van der Waals surface area contributed by atoms with Crippen LogP contribution in [0.2, 0.25) is 0 Å². The molecule has 0 bridgehead atoms. The van der Waals surface area contributed by atoms with Crippen molar-refractivity contribution in [1.82, 2.24) is 10.2 Å². The minimum atomic E-state index is 0.0536. The highest BCUT2D eigenvalue weighted by Gasteiger charge is 2.26. The first-order valence-electron chi connectivity index (χ1n) is 9.29. The van der Waals surface area contributed by atoms with Crippen LogP contribution in [0.4, 0.5) is 5.69 Å². The molecule has 1 amide bonds. The van der Waals surface area contributed by atoms with Gasteiger partial charge in [0.15, 0.2) is 5.11 Å². The van der Waals surface area contributed by atoms with Gasteiger partial charge < -0.3 is 15.5 Å². The van der Waals surface area contributed by atoms with Crippen LogP contribution in [-0.2, 0) is 4.79 Å². The summed E-state index contributed by atoms with van der Waals surface area (Å²) in [5.74, 6) is 1.14. The lowest BCUT2D eigenvalue weighted by Crippen LogP contribution is -2.46. The summed E-state index contributed by atoms with van der Waals surface area (Å²) in [6.45, 7) is 2.49. The molecule has 0 aliphatic carbocycles. The van der Waals surface area contributed by atoms with Crippen molar-refractivity contribution in [2.24, 2.45) is 5.92 Å². The van der Waals surface area contributed by atoms with Crippen LogP contribution in [0.3, 0.4) is 0 Å². The highest BCUT2D eigenvalue weighted by Crippen LogP contribution is 2.20. The van der Waals surface area contributed by atoms with Crippen molar-refractivity contribution in [2.75, 3.05) is 30.7 Å². The van der Waals surface area contributed by atoms with Crippen LogP contribution in [0.5, 0.6) is 0 Å². The zero-order chi connectivity index (χ0) is 18.9. The second kappa shape index (κ2) is 10.3. The van der Waals surface area contributed by atoms with Crippen molar-refractivity contribution >= 4 is 40.7 Å². The third-order valence-electron chi connectivity index (χ3n) is 4.58. The van der Waals surface area contributed by atoms with Crippen LogP contribution >= 0.6 is 24.0 Å². The van der Waals surface area contributed by atoms with Crippen molar-refractivity contribution in [2.45, 2.75) is 17.7 Å². The van der Waals surface area contributed by atoms with Crippen LogP contribution < -0.4 is 10.6 Å². The Labute approximate surface area is 170 Å². The number of carbonyl (C=O) groups is 1. The minimum absolute atomic E-state index is 0.0536. The lowest BCUT2D eigenvalue weighted by atomic mass is 9.96. The summed E-state index contributed by atoms with van der Waals surface area (Å²) < 4.78 is 0. The van der Waals surface area contributed by atoms with Crippen molar-refractivity contribution < 1.29 is 4.79 Å². The topological polar surface area (TPSA) is 44.4 Å². The summed E-state index contributed by atoms with van der Waals surface area (Å²) in [4.78, 5) is 15.9. The third kappa shape index (κ3) is 6.26. The second-order valence-corrected chi connectivity index (χ2v) is 8.07. The van der Waals surface area contributed by atoms with Gasteiger partial charge in [-0.3, -0.25) is 4.79 Å². The molecular weight excluding hydrogens is 374 g/mol. The first kappa shape index (κ1) is 19.7. The van der Waals surface area contributed by atoms with E-state index < -0.39 is 0 Å². The summed E-state index contributed by atoms with van der Waals surface area (Å²) in [5, 5.41) is 7.14. The molecule has 0 atom stereocenters. The molecule has 0 radical (unpaired) electrons. The van der Waals surface area contributed by atoms with Crippen molar-refractivity contribution in [3.05, 3.63) is 60.7 Å². The third-order valence-corrected chi connectivity index (χ3v) is 6.00. The SMILES string of the molecule is O=C(Nc1ccccc1)C1CCN(C(=S)NCCSc2ccccc2)CC1. The first-order valence-corrected chi connectivity index (χ1v) is 10.7. The van der Waals surface area contributed by atoms with Gasteiger partial charge >= 0.3 is 0 Å². The molecule has 4 nitrogen and oxygen atoms in total. The van der Waals surface area contributed by atoms with Gasteiger partial charge in [-0.2, -0.15) is 0 Å². The number of benzene rings is 2. The minimum Gasteiger partial charge on any atom is -0.362 e. The van der Waals surface area contributed by atoms with E-state index in [2.05, 4.69) is 39.8 Å². The Morgan fingerprint density at radius 1 is 1.04 bits per heavy atom. The van der Waals surface area contributed by atoms with Crippen LogP contribution in [-0.4, -0.2) is 41.3 Å². The first-order chi connectivity index (χ1) is 13.2. The van der Waals surface area contributed by atoms with E-state index in [9.17, 15) is 4.79 Å². The van der Waals surface area contributed by atoms with Gasteiger partial charge in [0.25, 0.3) is 0 Å². The number of thiocarbonyl (C=S) groups is 1. The molecule has 0 spiro atoms. The Balaban J connectivity index is 1.34. The number of para-hydroxylation sites is 1. The summed E-state index contributed by atoms with van der Waals surface area (Å²) in [6.07, 6.45) is 1.67. The standard InChI is InChI=1S/C21H25N3OS2/c25-20(23-18-7-3-1-4-8-18)17-11-14-24(15-12-17)21(26)22-13-16-27-19-9-5-2-6-10-19/h1-10,17H,11-16H2,(H,22,26)(H,23,25). The normalized spacial score (nSPS) is 14.6. The quantitative estimate of drug-likeness (QED) is 0.437. The summed E-state index contributed by atoms with van der Waals surface area (Å²) in [7, 11) is 0. The van der Waals surface area contributed by atoms with E-state index in [0.29, 0.717) is 0 Å². The van der Waals surface area contributed by atoms with Gasteiger partial charge in [0.1, 0.15) is 0 Å². The van der Waals surface area contributed by atoms with E-state index in [1.807, 2.05) is 48.2 Å². The fraction of sp³-hybridized carbons (Fsp3) is 0.333. The number of hydrogen-bond acceptors (Lipinski definition) is 3. The molecule has 2 aromatic carbocycles. The van der Waals surface area contributed by atoms with Gasteiger partial charge in [-0.15, -0.1) is 11.8 Å². The van der Waals surface area contributed by atoms with Crippen LogP contribution in [0.15, 0.2) is 65.6 Å². The Kier molecular flexibility index (Phi) is 7.54. The average Bonchev–Trinajstić information content (AvgIpc) is 2.72. The number of amides is 1. The van der Waals surface area contributed by atoms with Crippen molar-refractivity contribution in [3.63, 3.8) is 0 Å². The summed E-state index contributed by atoms with van der Waals surface area (Å²) >= 11 is 7.34.